The summed E-state index contributed by atoms with van der Waals surface area (Å²) in [7, 11) is 0. The molecule has 0 fully saturated rings. The number of aromatic carboxylic acids is 1. The molecule has 0 bridgehead atoms. The summed E-state index contributed by atoms with van der Waals surface area (Å²) in [4.78, 5) is 31.2. The predicted octanol–water partition coefficient (Wildman–Crippen LogP) is 4.30. The average molecular weight is 373 g/mol. The quantitative estimate of drug-likeness (QED) is 0.610. The zero-order chi connectivity index (χ0) is 18.0. The second-order valence-corrected chi connectivity index (χ2v) is 5.24. The molecule has 11 heteroatoms. The van der Waals surface area contributed by atoms with Crippen molar-refractivity contribution < 1.29 is 24.5 Å². The van der Waals surface area contributed by atoms with Crippen LogP contribution in [0.5, 0.6) is 11.5 Å². The number of hydrogen-bond acceptors (Lipinski definition) is 6. The highest BCUT2D eigenvalue weighted by atomic mass is 35.5. The van der Waals surface area contributed by atoms with Gasteiger partial charge in [-0.3, -0.25) is 20.2 Å². The second kappa shape index (κ2) is 6.69. The lowest BCUT2D eigenvalue weighted by Crippen LogP contribution is -2.05. The molecule has 0 saturated heterocycles. The first-order chi connectivity index (χ1) is 11.2. The lowest BCUT2D eigenvalue weighted by atomic mass is 10.1. The van der Waals surface area contributed by atoms with Crippen LogP contribution in [0.3, 0.4) is 0 Å². The third-order valence-corrected chi connectivity index (χ3v) is 3.20. The molecular formula is C13H6Cl2N2O7. The molecule has 0 amide bonds. The predicted molar refractivity (Wildman–Crippen MR) is 83.2 cm³/mol. The van der Waals surface area contributed by atoms with Crippen molar-refractivity contribution in [2.24, 2.45) is 0 Å². The van der Waals surface area contributed by atoms with Crippen molar-refractivity contribution in [3.05, 3.63) is 66.2 Å². The normalized spacial score (nSPS) is 10.2. The van der Waals surface area contributed by atoms with Crippen LogP contribution in [0.4, 0.5) is 11.4 Å². The zero-order valence-corrected chi connectivity index (χ0v) is 12.9. The fraction of sp³-hybridized carbons (Fsp3) is 0. The Morgan fingerprint density at radius 1 is 0.958 bits per heavy atom. The molecule has 0 unspecified atom stereocenters. The average Bonchev–Trinajstić information content (AvgIpc) is 2.44. The fourth-order valence-electron chi connectivity index (χ4n) is 1.82. The van der Waals surface area contributed by atoms with E-state index in [1.807, 2.05) is 0 Å². The Bertz CT molecular complexity index is 849. The highest BCUT2D eigenvalue weighted by Crippen LogP contribution is 2.38. The van der Waals surface area contributed by atoms with Gasteiger partial charge in [0.1, 0.15) is 11.3 Å². The molecule has 24 heavy (non-hydrogen) atoms. The Hall–Kier alpha value is -2.91. The van der Waals surface area contributed by atoms with Gasteiger partial charge in [-0.25, -0.2) is 4.79 Å². The molecule has 0 atom stereocenters. The Kier molecular flexibility index (Phi) is 4.86. The van der Waals surface area contributed by atoms with Crippen LogP contribution in [0.15, 0.2) is 30.3 Å². The van der Waals surface area contributed by atoms with Crippen molar-refractivity contribution in [2.75, 3.05) is 0 Å². The first kappa shape index (κ1) is 17.4. The van der Waals surface area contributed by atoms with E-state index in [0.29, 0.717) is 12.1 Å². The topological polar surface area (TPSA) is 133 Å². The monoisotopic (exact) mass is 372 g/mol. The molecule has 0 heterocycles. The van der Waals surface area contributed by atoms with Gasteiger partial charge in [-0.1, -0.05) is 23.2 Å². The van der Waals surface area contributed by atoms with E-state index in [-0.39, 0.29) is 15.8 Å². The van der Waals surface area contributed by atoms with Crippen molar-refractivity contribution in [3.8, 4) is 11.5 Å². The van der Waals surface area contributed by atoms with Gasteiger partial charge >= 0.3 is 11.7 Å². The molecule has 0 saturated carbocycles. The summed E-state index contributed by atoms with van der Waals surface area (Å²) in [6.45, 7) is 0. The summed E-state index contributed by atoms with van der Waals surface area (Å²) >= 11 is 11.6. The minimum absolute atomic E-state index is 0.000733. The number of rotatable bonds is 5. The molecule has 0 radical (unpaired) electrons. The van der Waals surface area contributed by atoms with Crippen LogP contribution in [0.2, 0.25) is 10.0 Å². The zero-order valence-electron chi connectivity index (χ0n) is 11.4. The molecular weight excluding hydrogens is 367 g/mol. The van der Waals surface area contributed by atoms with E-state index >= 15 is 0 Å². The van der Waals surface area contributed by atoms with Crippen LogP contribution >= 0.6 is 23.2 Å². The van der Waals surface area contributed by atoms with E-state index in [1.54, 1.807) is 0 Å². The Morgan fingerprint density at radius 3 is 1.96 bits per heavy atom. The van der Waals surface area contributed by atoms with Gasteiger partial charge in [0, 0.05) is 16.1 Å². The van der Waals surface area contributed by atoms with Crippen LogP contribution in [-0.2, 0) is 0 Å². The second-order valence-electron chi connectivity index (χ2n) is 4.36. The number of carboxylic acid groups (broad SMARTS) is 1. The number of benzene rings is 2. The number of nitro benzene ring substituents is 2. The highest BCUT2D eigenvalue weighted by molar-refractivity contribution is 6.34. The van der Waals surface area contributed by atoms with E-state index in [2.05, 4.69) is 0 Å². The highest BCUT2D eigenvalue weighted by Gasteiger charge is 2.29. The number of halogens is 2. The molecule has 0 aromatic heterocycles. The molecule has 9 nitrogen and oxygen atoms in total. The maximum atomic E-state index is 11.1. The summed E-state index contributed by atoms with van der Waals surface area (Å²) in [5.41, 5.74) is -2.46. The van der Waals surface area contributed by atoms with E-state index in [9.17, 15) is 25.0 Å². The minimum Gasteiger partial charge on any atom is -0.477 e. The SMILES string of the molecule is O=C(O)c1cc(Oc2cc(Cl)cc(Cl)c2)c([N+](=O)[O-])cc1[N+](=O)[O-]. The number of carbonyl (C=O) groups is 1. The standard InChI is InChI=1S/C13H6Cl2N2O7/c14-6-1-7(15)3-8(2-6)24-12-4-9(13(18)19)10(16(20)21)5-11(12)17(22)23/h1-5H,(H,18,19). The van der Waals surface area contributed by atoms with Gasteiger partial charge in [-0.05, 0) is 18.2 Å². The Morgan fingerprint density at radius 2 is 1.50 bits per heavy atom. The number of nitrogens with zero attached hydrogens (tertiary/aromatic N) is 2. The molecule has 0 aliphatic carbocycles. The Labute approximate surface area is 143 Å². The summed E-state index contributed by atoms with van der Waals surface area (Å²) in [5, 5.41) is 31.4. The minimum atomic E-state index is -1.63. The van der Waals surface area contributed by atoms with Crippen molar-refractivity contribution in [3.63, 3.8) is 0 Å². The molecule has 0 spiro atoms. The molecule has 124 valence electrons. The van der Waals surface area contributed by atoms with Crippen LogP contribution in [0, 0.1) is 20.2 Å². The van der Waals surface area contributed by atoms with Crippen molar-refractivity contribution in [2.45, 2.75) is 0 Å². The van der Waals surface area contributed by atoms with Gasteiger partial charge in [-0.2, -0.15) is 0 Å². The third-order valence-electron chi connectivity index (χ3n) is 2.76. The fourth-order valence-corrected chi connectivity index (χ4v) is 2.32. The van der Waals surface area contributed by atoms with E-state index < -0.39 is 38.5 Å². The van der Waals surface area contributed by atoms with Gasteiger partial charge in [0.15, 0.2) is 0 Å². The van der Waals surface area contributed by atoms with Crippen LogP contribution in [-0.4, -0.2) is 20.9 Å². The smallest absolute Gasteiger partial charge is 0.342 e. The number of carboxylic acids is 1. The van der Waals surface area contributed by atoms with Crippen LogP contribution in [0.1, 0.15) is 10.4 Å². The first-order valence-electron chi connectivity index (χ1n) is 6.03. The third kappa shape index (κ3) is 3.70. The molecule has 0 aliphatic heterocycles. The van der Waals surface area contributed by atoms with Crippen molar-refractivity contribution in [1.29, 1.82) is 0 Å². The first-order valence-corrected chi connectivity index (χ1v) is 6.78. The molecule has 2 aromatic carbocycles. The molecule has 2 aromatic rings. The number of nitro groups is 2. The van der Waals surface area contributed by atoms with Gasteiger partial charge in [-0.15, -0.1) is 0 Å². The Balaban J connectivity index is 2.63. The van der Waals surface area contributed by atoms with Crippen LogP contribution < -0.4 is 4.74 Å². The lowest BCUT2D eigenvalue weighted by molar-refractivity contribution is -0.394. The number of ether oxygens (including phenoxy) is 1. The van der Waals surface area contributed by atoms with Gasteiger partial charge in [0.2, 0.25) is 5.75 Å². The lowest BCUT2D eigenvalue weighted by Gasteiger charge is -2.08. The van der Waals surface area contributed by atoms with Crippen molar-refractivity contribution >= 4 is 40.5 Å². The van der Waals surface area contributed by atoms with E-state index in [4.69, 9.17) is 33.0 Å². The molecule has 0 aliphatic rings. The van der Waals surface area contributed by atoms with Gasteiger partial charge < -0.3 is 9.84 Å². The van der Waals surface area contributed by atoms with Gasteiger partial charge in [0.25, 0.3) is 5.69 Å². The van der Waals surface area contributed by atoms with E-state index in [0.717, 1.165) is 0 Å². The molecule has 1 N–H and O–H groups in total. The molecule has 2 rings (SSSR count). The summed E-state index contributed by atoms with van der Waals surface area (Å²) in [6, 6.07) is 5.19. The summed E-state index contributed by atoms with van der Waals surface area (Å²) in [5.74, 6) is -2.13. The number of hydrogen-bond donors (Lipinski definition) is 1. The summed E-state index contributed by atoms with van der Waals surface area (Å²) in [6.07, 6.45) is 0. The maximum Gasteiger partial charge on any atom is 0.342 e. The summed E-state index contributed by atoms with van der Waals surface area (Å²) < 4.78 is 5.26. The van der Waals surface area contributed by atoms with E-state index in [1.165, 1.54) is 18.2 Å². The van der Waals surface area contributed by atoms with Crippen LogP contribution in [0.25, 0.3) is 0 Å². The maximum absolute atomic E-state index is 11.1. The van der Waals surface area contributed by atoms with Gasteiger partial charge in [0.05, 0.1) is 15.9 Å². The van der Waals surface area contributed by atoms with Crippen molar-refractivity contribution in [1.82, 2.24) is 0 Å². The largest absolute Gasteiger partial charge is 0.477 e.